The Hall–Kier alpha value is -0.610. The first-order chi connectivity index (χ1) is 7.50. The number of nitrogens with zero attached hydrogens (tertiary/aromatic N) is 1. The highest BCUT2D eigenvalue weighted by Gasteiger charge is 2.42. The van der Waals surface area contributed by atoms with Crippen LogP contribution in [0, 0.1) is 5.92 Å². The van der Waals surface area contributed by atoms with Crippen LogP contribution < -0.4 is 0 Å². The zero-order valence-electron chi connectivity index (χ0n) is 10.1. The van der Waals surface area contributed by atoms with E-state index in [1.54, 1.807) is 0 Å². The molecule has 2 fully saturated rings. The monoisotopic (exact) mass is 227 g/mol. The number of ether oxygens (including phenoxy) is 1. The average molecular weight is 227 g/mol. The standard InChI is InChI=1S/C12H21NO3/c1-12(2)7-10(14)8-13(12)11(15)9-3-5-16-6-4-9/h9-10,14H,3-8H2,1-2H3. The van der Waals surface area contributed by atoms with E-state index in [0.29, 0.717) is 26.2 Å². The van der Waals surface area contributed by atoms with Crippen molar-refractivity contribution in [2.75, 3.05) is 19.8 Å². The number of aliphatic hydroxyl groups is 1. The predicted octanol–water partition coefficient (Wildman–Crippen LogP) is 0.785. The Morgan fingerprint density at radius 3 is 2.50 bits per heavy atom. The number of amides is 1. The molecule has 0 aromatic rings. The van der Waals surface area contributed by atoms with E-state index in [1.165, 1.54) is 0 Å². The fourth-order valence-electron chi connectivity index (χ4n) is 2.76. The predicted molar refractivity (Wildman–Crippen MR) is 60.0 cm³/mol. The zero-order valence-corrected chi connectivity index (χ0v) is 10.1. The van der Waals surface area contributed by atoms with E-state index in [0.717, 1.165) is 12.8 Å². The molecule has 4 heteroatoms. The molecule has 0 aliphatic carbocycles. The molecule has 2 heterocycles. The van der Waals surface area contributed by atoms with E-state index in [2.05, 4.69) is 0 Å². The number of hydrogen-bond acceptors (Lipinski definition) is 3. The highest BCUT2D eigenvalue weighted by molar-refractivity contribution is 5.80. The third-order valence-corrected chi connectivity index (χ3v) is 3.70. The fourth-order valence-corrected chi connectivity index (χ4v) is 2.76. The van der Waals surface area contributed by atoms with Gasteiger partial charge >= 0.3 is 0 Å². The normalized spacial score (nSPS) is 30.7. The smallest absolute Gasteiger partial charge is 0.226 e. The summed E-state index contributed by atoms with van der Waals surface area (Å²) < 4.78 is 5.27. The molecular formula is C12H21NO3. The van der Waals surface area contributed by atoms with Gasteiger partial charge in [-0.3, -0.25) is 4.79 Å². The molecule has 2 aliphatic heterocycles. The van der Waals surface area contributed by atoms with Crippen LogP contribution in [0.1, 0.15) is 33.1 Å². The van der Waals surface area contributed by atoms with Gasteiger partial charge in [0.1, 0.15) is 0 Å². The Morgan fingerprint density at radius 1 is 1.38 bits per heavy atom. The van der Waals surface area contributed by atoms with E-state index >= 15 is 0 Å². The number of aliphatic hydroxyl groups excluding tert-OH is 1. The van der Waals surface area contributed by atoms with Crippen LogP contribution in [0.2, 0.25) is 0 Å². The number of carbonyl (C=O) groups is 1. The molecule has 0 bridgehead atoms. The van der Waals surface area contributed by atoms with E-state index in [-0.39, 0.29) is 23.5 Å². The minimum Gasteiger partial charge on any atom is -0.391 e. The lowest BCUT2D eigenvalue weighted by atomic mass is 9.95. The summed E-state index contributed by atoms with van der Waals surface area (Å²) in [7, 11) is 0. The van der Waals surface area contributed by atoms with Crippen molar-refractivity contribution in [1.82, 2.24) is 4.90 Å². The van der Waals surface area contributed by atoms with Gasteiger partial charge < -0.3 is 14.7 Å². The topological polar surface area (TPSA) is 49.8 Å². The van der Waals surface area contributed by atoms with E-state index < -0.39 is 0 Å². The molecule has 1 amide bonds. The SMILES string of the molecule is CC1(C)CC(O)CN1C(=O)C1CCOCC1. The molecule has 4 nitrogen and oxygen atoms in total. The Bertz CT molecular complexity index is 271. The van der Waals surface area contributed by atoms with Crippen LogP contribution in [0.4, 0.5) is 0 Å². The Labute approximate surface area is 96.6 Å². The minimum absolute atomic E-state index is 0.0957. The molecule has 2 aliphatic rings. The molecular weight excluding hydrogens is 206 g/mol. The van der Waals surface area contributed by atoms with Crippen LogP contribution in [0.5, 0.6) is 0 Å². The second-order valence-electron chi connectivity index (χ2n) is 5.51. The first-order valence-electron chi connectivity index (χ1n) is 6.08. The lowest BCUT2D eigenvalue weighted by molar-refractivity contribution is -0.142. The first-order valence-corrected chi connectivity index (χ1v) is 6.08. The van der Waals surface area contributed by atoms with Gasteiger partial charge in [0, 0.05) is 31.2 Å². The minimum atomic E-state index is -0.362. The quantitative estimate of drug-likeness (QED) is 0.720. The van der Waals surface area contributed by atoms with Crippen molar-refractivity contribution < 1.29 is 14.6 Å². The van der Waals surface area contributed by atoms with Gasteiger partial charge in [-0.1, -0.05) is 0 Å². The number of rotatable bonds is 1. The third kappa shape index (κ3) is 2.23. The second kappa shape index (κ2) is 4.34. The summed E-state index contributed by atoms with van der Waals surface area (Å²) in [5.41, 5.74) is -0.200. The highest BCUT2D eigenvalue weighted by Crippen LogP contribution is 2.31. The molecule has 1 N–H and O–H groups in total. The largest absolute Gasteiger partial charge is 0.391 e. The Balaban J connectivity index is 2.03. The molecule has 1 unspecified atom stereocenters. The molecule has 0 spiro atoms. The molecule has 92 valence electrons. The van der Waals surface area contributed by atoms with Crippen LogP contribution >= 0.6 is 0 Å². The second-order valence-corrected chi connectivity index (χ2v) is 5.51. The summed E-state index contributed by atoms with van der Waals surface area (Å²) in [5.74, 6) is 0.295. The summed E-state index contributed by atoms with van der Waals surface area (Å²) in [4.78, 5) is 14.2. The summed E-state index contributed by atoms with van der Waals surface area (Å²) >= 11 is 0. The van der Waals surface area contributed by atoms with Crippen LogP contribution in [-0.4, -0.2) is 47.3 Å². The Morgan fingerprint density at radius 2 is 2.00 bits per heavy atom. The van der Waals surface area contributed by atoms with Crippen molar-refractivity contribution in [3.63, 3.8) is 0 Å². The van der Waals surface area contributed by atoms with Crippen LogP contribution in [-0.2, 0) is 9.53 Å². The summed E-state index contributed by atoms with van der Waals surface area (Å²) in [5, 5.41) is 9.66. The van der Waals surface area contributed by atoms with E-state index in [9.17, 15) is 9.90 Å². The van der Waals surface area contributed by atoms with Gasteiger partial charge in [0.25, 0.3) is 0 Å². The molecule has 2 saturated heterocycles. The lowest BCUT2D eigenvalue weighted by Gasteiger charge is -2.35. The lowest BCUT2D eigenvalue weighted by Crippen LogP contribution is -2.46. The fraction of sp³-hybridized carbons (Fsp3) is 0.917. The van der Waals surface area contributed by atoms with Gasteiger partial charge in [-0.05, 0) is 33.1 Å². The molecule has 0 saturated carbocycles. The van der Waals surface area contributed by atoms with Gasteiger partial charge in [-0.25, -0.2) is 0 Å². The van der Waals surface area contributed by atoms with Gasteiger partial charge in [-0.2, -0.15) is 0 Å². The third-order valence-electron chi connectivity index (χ3n) is 3.70. The van der Waals surface area contributed by atoms with Crippen molar-refractivity contribution in [2.45, 2.75) is 44.8 Å². The summed E-state index contributed by atoms with van der Waals surface area (Å²) in [6.07, 6.45) is 1.96. The van der Waals surface area contributed by atoms with E-state index in [1.807, 2.05) is 18.7 Å². The Kier molecular flexibility index (Phi) is 3.22. The average Bonchev–Trinajstić information content (AvgIpc) is 2.52. The van der Waals surface area contributed by atoms with Gasteiger partial charge in [0.05, 0.1) is 6.10 Å². The van der Waals surface area contributed by atoms with Crippen LogP contribution in [0.25, 0.3) is 0 Å². The van der Waals surface area contributed by atoms with Crippen molar-refractivity contribution >= 4 is 5.91 Å². The number of β-amino-alcohol motifs (C(OH)–C–C–N with tert-alkyl or cyclic N) is 1. The first kappa shape index (κ1) is 11.9. The van der Waals surface area contributed by atoms with E-state index in [4.69, 9.17) is 4.74 Å². The molecule has 2 rings (SSSR count). The van der Waals surface area contributed by atoms with Crippen molar-refractivity contribution in [3.05, 3.63) is 0 Å². The van der Waals surface area contributed by atoms with Crippen LogP contribution in [0.15, 0.2) is 0 Å². The highest BCUT2D eigenvalue weighted by atomic mass is 16.5. The molecule has 0 radical (unpaired) electrons. The zero-order chi connectivity index (χ0) is 11.8. The van der Waals surface area contributed by atoms with Crippen molar-refractivity contribution in [2.24, 2.45) is 5.92 Å². The van der Waals surface area contributed by atoms with Gasteiger partial charge in [0.15, 0.2) is 0 Å². The summed E-state index contributed by atoms with van der Waals surface area (Å²) in [6.45, 7) is 5.92. The number of hydrogen-bond donors (Lipinski definition) is 1. The van der Waals surface area contributed by atoms with Crippen LogP contribution in [0.3, 0.4) is 0 Å². The molecule has 1 atom stereocenters. The maximum Gasteiger partial charge on any atom is 0.226 e. The number of likely N-dealkylation sites (tertiary alicyclic amines) is 1. The van der Waals surface area contributed by atoms with Crippen molar-refractivity contribution in [1.29, 1.82) is 0 Å². The molecule has 0 aromatic carbocycles. The molecule has 0 aromatic heterocycles. The maximum atomic E-state index is 12.3. The maximum absolute atomic E-state index is 12.3. The van der Waals surface area contributed by atoms with Gasteiger partial charge in [-0.15, -0.1) is 0 Å². The summed E-state index contributed by atoms with van der Waals surface area (Å²) in [6, 6.07) is 0. The van der Waals surface area contributed by atoms with Crippen molar-refractivity contribution in [3.8, 4) is 0 Å². The molecule has 16 heavy (non-hydrogen) atoms. The van der Waals surface area contributed by atoms with Gasteiger partial charge in [0.2, 0.25) is 5.91 Å². The number of carbonyl (C=O) groups excluding carboxylic acids is 1.